The molecule has 1 aliphatic rings. The Labute approximate surface area is 70.0 Å². The molecule has 0 spiro atoms. The highest BCUT2D eigenvalue weighted by Gasteiger charge is 2.18. The Kier molecular flexibility index (Phi) is 3.34. The fraction of sp³-hybridized carbons (Fsp3) is 1.00. The summed E-state index contributed by atoms with van der Waals surface area (Å²) in [6.07, 6.45) is 1.29. The molecule has 0 bridgehead atoms. The van der Waals surface area contributed by atoms with Crippen molar-refractivity contribution in [1.82, 2.24) is 10.2 Å². The molecule has 1 rings (SSSR count). The first kappa shape index (κ1) is 9.01. The highest BCUT2D eigenvalue weighted by molar-refractivity contribution is 4.76. The summed E-state index contributed by atoms with van der Waals surface area (Å²) in [5.74, 6) is 0. The molecule has 2 heteroatoms. The van der Waals surface area contributed by atoms with Crippen LogP contribution in [0.3, 0.4) is 0 Å². The standard InChI is InChI=1S/C9H20N2/c1-8(2)11-6-4-5-10-7-9(11)3/h8-10H,4-7H2,1-3H3/t9-/m0/s1. The maximum absolute atomic E-state index is 3.44. The zero-order valence-corrected chi connectivity index (χ0v) is 7.93. The number of nitrogens with one attached hydrogen (secondary N) is 1. The van der Waals surface area contributed by atoms with Gasteiger partial charge < -0.3 is 5.32 Å². The van der Waals surface area contributed by atoms with Gasteiger partial charge in [-0.2, -0.15) is 0 Å². The molecule has 0 unspecified atom stereocenters. The first-order valence-corrected chi connectivity index (χ1v) is 4.68. The highest BCUT2D eigenvalue weighted by atomic mass is 15.2. The van der Waals surface area contributed by atoms with E-state index >= 15 is 0 Å². The van der Waals surface area contributed by atoms with E-state index in [2.05, 4.69) is 31.0 Å². The minimum Gasteiger partial charge on any atom is -0.315 e. The van der Waals surface area contributed by atoms with Gasteiger partial charge in [-0.25, -0.2) is 0 Å². The molecular formula is C9H20N2. The van der Waals surface area contributed by atoms with Crippen LogP contribution in [-0.4, -0.2) is 36.6 Å². The summed E-state index contributed by atoms with van der Waals surface area (Å²) in [4.78, 5) is 2.57. The van der Waals surface area contributed by atoms with Gasteiger partial charge in [-0.3, -0.25) is 4.90 Å². The molecule has 0 saturated carbocycles. The van der Waals surface area contributed by atoms with Crippen molar-refractivity contribution in [2.45, 2.75) is 39.3 Å². The molecule has 0 aromatic heterocycles. The van der Waals surface area contributed by atoms with Gasteiger partial charge in [0.2, 0.25) is 0 Å². The maximum Gasteiger partial charge on any atom is 0.0195 e. The Morgan fingerprint density at radius 3 is 2.82 bits per heavy atom. The van der Waals surface area contributed by atoms with E-state index in [-0.39, 0.29) is 0 Å². The van der Waals surface area contributed by atoms with Gasteiger partial charge in [0.05, 0.1) is 0 Å². The zero-order valence-electron chi connectivity index (χ0n) is 7.93. The van der Waals surface area contributed by atoms with E-state index in [4.69, 9.17) is 0 Å². The second-order valence-electron chi connectivity index (χ2n) is 3.74. The topological polar surface area (TPSA) is 15.3 Å². The van der Waals surface area contributed by atoms with Gasteiger partial charge in [-0.15, -0.1) is 0 Å². The van der Waals surface area contributed by atoms with Crippen LogP contribution in [0.2, 0.25) is 0 Å². The Bertz CT molecular complexity index is 112. The predicted octanol–water partition coefficient (Wildman–Crippen LogP) is 1.08. The molecule has 2 nitrogen and oxygen atoms in total. The van der Waals surface area contributed by atoms with Gasteiger partial charge >= 0.3 is 0 Å². The third-order valence-corrected chi connectivity index (χ3v) is 2.44. The minimum atomic E-state index is 0.699. The van der Waals surface area contributed by atoms with E-state index < -0.39 is 0 Å². The lowest BCUT2D eigenvalue weighted by molar-refractivity contribution is 0.176. The van der Waals surface area contributed by atoms with E-state index in [1.807, 2.05) is 0 Å². The fourth-order valence-corrected chi connectivity index (χ4v) is 1.80. The molecule has 1 aliphatic heterocycles. The van der Waals surface area contributed by atoms with Crippen molar-refractivity contribution in [2.75, 3.05) is 19.6 Å². The summed E-state index contributed by atoms with van der Waals surface area (Å²) in [7, 11) is 0. The van der Waals surface area contributed by atoms with Crippen LogP contribution in [-0.2, 0) is 0 Å². The molecule has 0 amide bonds. The lowest BCUT2D eigenvalue weighted by Crippen LogP contribution is -2.41. The number of hydrogen-bond donors (Lipinski definition) is 1. The summed E-state index contributed by atoms with van der Waals surface area (Å²) in [5, 5.41) is 3.44. The third-order valence-electron chi connectivity index (χ3n) is 2.44. The molecule has 0 aromatic rings. The van der Waals surface area contributed by atoms with Crippen molar-refractivity contribution in [2.24, 2.45) is 0 Å². The van der Waals surface area contributed by atoms with Crippen LogP contribution in [0.25, 0.3) is 0 Å². The van der Waals surface area contributed by atoms with Crippen LogP contribution >= 0.6 is 0 Å². The van der Waals surface area contributed by atoms with E-state index in [9.17, 15) is 0 Å². The smallest absolute Gasteiger partial charge is 0.0195 e. The fourth-order valence-electron chi connectivity index (χ4n) is 1.80. The maximum atomic E-state index is 3.44. The number of rotatable bonds is 1. The van der Waals surface area contributed by atoms with Crippen molar-refractivity contribution in [1.29, 1.82) is 0 Å². The van der Waals surface area contributed by atoms with Gasteiger partial charge in [0.1, 0.15) is 0 Å². The minimum absolute atomic E-state index is 0.699. The quantitative estimate of drug-likeness (QED) is 0.611. The second kappa shape index (κ2) is 4.07. The lowest BCUT2D eigenvalue weighted by atomic mass is 10.2. The van der Waals surface area contributed by atoms with E-state index in [1.165, 1.54) is 19.5 Å². The monoisotopic (exact) mass is 156 g/mol. The Balaban J connectivity index is 2.45. The summed E-state index contributed by atoms with van der Waals surface area (Å²) < 4.78 is 0. The van der Waals surface area contributed by atoms with Crippen LogP contribution in [0.4, 0.5) is 0 Å². The van der Waals surface area contributed by atoms with Crippen LogP contribution in [0, 0.1) is 0 Å². The Hall–Kier alpha value is -0.0800. The summed E-state index contributed by atoms with van der Waals surface area (Å²) in [5.41, 5.74) is 0. The molecule has 1 N–H and O–H groups in total. The van der Waals surface area contributed by atoms with Gasteiger partial charge in [0, 0.05) is 18.6 Å². The van der Waals surface area contributed by atoms with Crippen LogP contribution in [0.15, 0.2) is 0 Å². The summed E-state index contributed by atoms with van der Waals surface area (Å²) in [6.45, 7) is 10.5. The van der Waals surface area contributed by atoms with Crippen molar-refractivity contribution >= 4 is 0 Å². The molecule has 0 aromatic carbocycles. The molecule has 0 radical (unpaired) electrons. The van der Waals surface area contributed by atoms with E-state index in [0.29, 0.717) is 12.1 Å². The van der Waals surface area contributed by atoms with E-state index in [0.717, 1.165) is 6.54 Å². The van der Waals surface area contributed by atoms with Crippen molar-refractivity contribution in [3.63, 3.8) is 0 Å². The molecule has 66 valence electrons. The molecular weight excluding hydrogens is 136 g/mol. The van der Waals surface area contributed by atoms with Crippen molar-refractivity contribution < 1.29 is 0 Å². The Morgan fingerprint density at radius 2 is 2.18 bits per heavy atom. The molecule has 11 heavy (non-hydrogen) atoms. The van der Waals surface area contributed by atoms with Gasteiger partial charge in [0.15, 0.2) is 0 Å². The Morgan fingerprint density at radius 1 is 1.45 bits per heavy atom. The molecule has 1 fully saturated rings. The van der Waals surface area contributed by atoms with E-state index in [1.54, 1.807) is 0 Å². The molecule has 1 atom stereocenters. The van der Waals surface area contributed by atoms with Crippen LogP contribution < -0.4 is 5.32 Å². The van der Waals surface area contributed by atoms with Crippen LogP contribution in [0.5, 0.6) is 0 Å². The highest BCUT2D eigenvalue weighted by Crippen LogP contribution is 2.07. The first-order valence-electron chi connectivity index (χ1n) is 4.68. The summed E-state index contributed by atoms with van der Waals surface area (Å²) >= 11 is 0. The second-order valence-corrected chi connectivity index (χ2v) is 3.74. The lowest BCUT2D eigenvalue weighted by Gasteiger charge is -2.30. The van der Waals surface area contributed by atoms with Crippen LogP contribution in [0.1, 0.15) is 27.2 Å². The first-order chi connectivity index (χ1) is 5.22. The van der Waals surface area contributed by atoms with Gasteiger partial charge in [0.25, 0.3) is 0 Å². The van der Waals surface area contributed by atoms with Gasteiger partial charge in [-0.1, -0.05) is 0 Å². The SMILES string of the molecule is CC(C)N1CCCNC[C@@H]1C. The predicted molar refractivity (Wildman–Crippen MR) is 48.8 cm³/mol. The van der Waals surface area contributed by atoms with Crippen molar-refractivity contribution in [3.05, 3.63) is 0 Å². The number of hydrogen-bond acceptors (Lipinski definition) is 2. The third kappa shape index (κ3) is 2.46. The average molecular weight is 156 g/mol. The normalized spacial score (nSPS) is 28.9. The molecule has 1 saturated heterocycles. The van der Waals surface area contributed by atoms with Gasteiger partial charge in [-0.05, 0) is 40.3 Å². The zero-order chi connectivity index (χ0) is 8.27. The largest absolute Gasteiger partial charge is 0.315 e. The molecule has 0 aliphatic carbocycles. The summed E-state index contributed by atoms with van der Waals surface area (Å²) in [6, 6.07) is 1.40. The average Bonchev–Trinajstić information content (AvgIpc) is 2.13. The molecule has 1 heterocycles. The van der Waals surface area contributed by atoms with Crippen molar-refractivity contribution in [3.8, 4) is 0 Å². The number of nitrogens with zero attached hydrogens (tertiary/aromatic N) is 1.